The molecule has 0 aromatic carbocycles. The van der Waals surface area contributed by atoms with Crippen LogP contribution in [0.5, 0.6) is 0 Å². The van der Waals surface area contributed by atoms with Crippen LogP contribution in [-0.2, 0) is 58.4 Å². The van der Waals surface area contributed by atoms with Crippen molar-refractivity contribution in [1.29, 1.82) is 0 Å². The van der Waals surface area contributed by atoms with E-state index in [1.807, 2.05) is 19.0 Å². The molecule has 0 aliphatic rings. The number of nitrogens with zero attached hydrogens (tertiary/aromatic N) is 1. The average molecular weight is 880 g/mol. The molecule has 11 nitrogen and oxygen atoms in total. The minimum absolute atomic E-state index is 0.00358. The highest BCUT2D eigenvalue weighted by atomic mass is 31.2. The van der Waals surface area contributed by atoms with Gasteiger partial charge >= 0.3 is 19.8 Å². The first-order valence-electron chi connectivity index (χ1n) is 24.2. The van der Waals surface area contributed by atoms with Crippen molar-refractivity contribution in [2.75, 3.05) is 40.5 Å². The van der Waals surface area contributed by atoms with Gasteiger partial charge in [-0.15, -0.1) is 0 Å². The molecule has 2 rings (SSSR count). The van der Waals surface area contributed by atoms with Crippen molar-refractivity contribution in [3.05, 3.63) is 46.3 Å². The Bertz CT molecular complexity index is 1470. The Morgan fingerprint density at radius 3 is 1.49 bits per heavy atom. The van der Waals surface area contributed by atoms with Crippen LogP contribution in [-0.4, -0.2) is 68.3 Å². The van der Waals surface area contributed by atoms with Crippen LogP contribution in [0, 0.1) is 13.8 Å². The molecule has 2 aromatic rings. The first kappa shape index (κ1) is 54.7. The summed E-state index contributed by atoms with van der Waals surface area (Å²) >= 11 is 0. The number of hydrogen-bond donors (Lipinski definition) is 1. The summed E-state index contributed by atoms with van der Waals surface area (Å²) in [7, 11) is -0.742. The third-order valence-corrected chi connectivity index (χ3v) is 12.2. The number of aryl methyl sites for hydroxylation is 6. The Morgan fingerprint density at radius 2 is 1.03 bits per heavy atom. The molecular formula is C49H86NO10P. The van der Waals surface area contributed by atoms with Crippen LogP contribution in [0.25, 0.3) is 0 Å². The number of phosphoric ester groups is 1. The smallest absolute Gasteiger partial charge is 0.466 e. The van der Waals surface area contributed by atoms with Crippen LogP contribution in [0.4, 0.5) is 0 Å². The normalized spacial score (nSPS) is 13.2. The van der Waals surface area contributed by atoms with E-state index in [4.69, 9.17) is 27.4 Å². The van der Waals surface area contributed by atoms with E-state index in [0.717, 1.165) is 100 Å². The molecule has 2 atom stereocenters. The highest BCUT2D eigenvalue weighted by Gasteiger charge is 2.26. The van der Waals surface area contributed by atoms with Crippen LogP contribution in [0.3, 0.4) is 0 Å². The standard InChI is InChI=1S/C49H86NO10P/c1-7-9-23-29-43-37-41(3)46(58-43)31-25-19-15-11-13-17-21-27-33-48(51)55-39-45(40-57-61(53,54)56-36-35-50(5)6)60-49(52)34-28-22-18-14-12-16-20-26-32-47-42(4)38-44(59-47)30-24-10-8-2/h37-38,45H,7-36,39-40H2,1-6H3,(H,53,54)/t45-/m1/s1. The lowest BCUT2D eigenvalue weighted by atomic mass is 10.1. The molecule has 0 radical (unpaired) electrons. The van der Waals surface area contributed by atoms with Gasteiger partial charge in [-0.3, -0.25) is 18.6 Å². The summed E-state index contributed by atoms with van der Waals surface area (Å²) in [6.07, 6.45) is 27.8. The van der Waals surface area contributed by atoms with Crippen LogP contribution in [0.15, 0.2) is 21.0 Å². The topological polar surface area (TPSA) is 138 Å². The van der Waals surface area contributed by atoms with Gasteiger partial charge in [-0.25, -0.2) is 4.57 Å². The van der Waals surface area contributed by atoms with Crippen molar-refractivity contribution >= 4 is 19.8 Å². The second-order valence-corrected chi connectivity index (χ2v) is 18.9. The van der Waals surface area contributed by atoms with Gasteiger partial charge in [0.15, 0.2) is 6.10 Å². The molecule has 0 aliphatic carbocycles. The van der Waals surface area contributed by atoms with E-state index in [2.05, 4.69) is 39.8 Å². The maximum Gasteiger partial charge on any atom is 0.472 e. The highest BCUT2D eigenvalue weighted by Crippen LogP contribution is 2.43. The van der Waals surface area contributed by atoms with Gasteiger partial charge in [-0.2, -0.15) is 0 Å². The molecule has 352 valence electrons. The summed E-state index contributed by atoms with van der Waals surface area (Å²) in [6, 6.07) is 4.42. The SMILES string of the molecule is CCCCCc1cc(C)c(CCCCCCCCCCC(=O)OC[C@H](COP(=O)(O)OCCN(C)C)OC(=O)CCCCCCCCCCc2oc(CCCCC)cc2C)o1. The summed E-state index contributed by atoms with van der Waals surface area (Å²) in [5.41, 5.74) is 2.56. The molecule has 2 aromatic heterocycles. The molecule has 0 aliphatic heterocycles. The molecule has 2 heterocycles. The number of phosphoric acid groups is 1. The van der Waals surface area contributed by atoms with Gasteiger partial charge in [0.05, 0.1) is 13.2 Å². The lowest BCUT2D eigenvalue weighted by Gasteiger charge is -2.20. The van der Waals surface area contributed by atoms with Gasteiger partial charge in [0.2, 0.25) is 0 Å². The first-order valence-corrected chi connectivity index (χ1v) is 25.7. The number of esters is 2. The fourth-order valence-corrected chi connectivity index (χ4v) is 8.17. The second kappa shape index (κ2) is 34.0. The van der Waals surface area contributed by atoms with E-state index in [9.17, 15) is 19.0 Å². The monoisotopic (exact) mass is 880 g/mol. The Morgan fingerprint density at radius 1 is 0.607 bits per heavy atom. The third-order valence-electron chi connectivity index (χ3n) is 11.2. The minimum atomic E-state index is -4.39. The first-order chi connectivity index (χ1) is 29.4. The minimum Gasteiger partial charge on any atom is -0.466 e. The van der Waals surface area contributed by atoms with Crippen molar-refractivity contribution < 1.29 is 46.4 Å². The van der Waals surface area contributed by atoms with E-state index in [-0.39, 0.29) is 32.0 Å². The maximum atomic E-state index is 12.8. The van der Waals surface area contributed by atoms with Crippen LogP contribution in [0.2, 0.25) is 0 Å². The highest BCUT2D eigenvalue weighted by molar-refractivity contribution is 7.47. The predicted molar refractivity (Wildman–Crippen MR) is 245 cm³/mol. The van der Waals surface area contributed by atoms with Crippen molar-refractivity contribution in [3.63, 3.8) is 0 Å². The summed E-state index contributed by atoms with van der Waals surface area (Å²) < 4.78 is 45.9. The molecule has 0 saturated carbocycles. The lowest BCUT2D eigenvalue weighted by molar-refractivity contribution is -0.161. The molecule has 0 saturated heterocycles. The summed E-state index contributed by atoms with van der Waals surface area (Å²) in [4.78, 5) is 37.3. The van der Waals surface area contributed by atoms with Gasteiger partial charge < -0.3 is 28.1 Å². The van der Waals surface area contributed by atoms with Crippen molar-refractivity contribution in [2.45, 2.75) is 214 Å². The number of carbonyl (C=O) groups is 2. The largest absolute Gasteiger partial charge is 0.472 e. The van der Waals surface area contributed by atoms with Gasteiger partial charge in [0, 0.05) is 45.1 Å². The number of furan rings is 2. The second-order valence-electron chi connectivity index (χ2n) is 17.4. The van der Waals surface area contributed by atoms with Crippen molar-refractivity contribution in [1.82, 2.24) is 4.90 Å². The van der Waals surface area contributed by atoms with Crippen molar-refractivity contribution in [2.24, 2.45) is 0 Å². The molecule has 0 amide bonds. The van der Waals surface area contributed by atoms with E-state index in [0.29, 0.717) is 19.4 Å². The Labute approximate surface area is 370 Å². The van der Waals surface area contributed by atoms with E-state index in [1.165, 1.54) is 88.2 Å². The molecule has 12 heteroatoms. The van der Waals surface area contributed by atoms with E-state index in [1.54, 1.807) is 0 Å². The van der Waals surface area contributed by atoms with Crippen LogP contribution < -0.4 is 0 Å². The molecule has 0 fully saturated rings. The lowest BCUT2D eigenvalue weighted by Crippen LogP contribution is -2.29. The number of carbonyl (C=O) groups excluding carboxylic acids is 2. The number of ether oxygens (including phenoxy) is 2. The molecule has 1 N–H and O–H groups in total. The Kier molecular flexibility index (Phi) is 30.5. The quantitative estimate of drug-likeness (QED) is 0.0389. The fraction of sp³-hybridized carbons (Fsp3) is 0.796. The predicted octanol–water partition coefficient (Wildman–Crippen LogP) is 12.9. The Hall–Kier alpha value is -2.43. The van der Waals surface area contributed by atoms with E-state index < -0.39 is 26.5 Å². The number of unbranched alkanes of at least 4 members (excludes halogenated alkanes) is 18. The average Bonchev–Trinajstić information content (AvgIpc) is 3.76. The molecule has 1 unspecified atom stereocenters. The molecule has 61 heavy (non-hydrogen) atoms. The summed E-state index contributed by atoms with van der Waals surface area (Å²) in [6.45, 7) is 8.51. The molecule has 0 bridgehead atoms. The van der Waals surface area contributed by atoms with Gasteiger partial charge in [0.25, 0.3) is 0 Å². The van der Waals surface area contributed by atoms with Gasteiger partial charge in [-0.1, -0.05) is 117 Å². The maximum absolute atomic E-state index is 12.8. The zero-order valence-corrected chi connectivity index (χ0v) is 40.3. The van der Waals surface area contributed by atoms with E-state index >= 15 is 0 Å². The molecular weight excluding hydrogens is 794 g/mol. The van der Waals surface area contributed by atoms with Crippen LogP contribution >= 0.6 is 7.82 Å². The third kappa shape index (κ3) is 28.1. The molecule has 0 spiro atoms. The number of rotatable bonds is 40. The summed E-state index contributed by atoms with van der Waals surface area (Å²) in [5, 5.41) is 0. The van der Waals surface area contributed by atoms with Gasteiger partial charge in [0.1, 0.15) is 29.6 Å². The van der Waals surface area contributed by atoms with Crippen molar-refractivity contribution in [3.8, 4) is 0 Å². The number of hydrogen-bond acceptors (Lipinski definition) is 10. The fourth-order valence-electron chi connectivity index (χ4n) is 7.43. The Balaban J connectivity index is 1.60. The van der Waals surface area contributed by atoms with Crippen LogP contribution in [0.1, 0.15) is 202 Å². The summed E-state index contributed by atoms with van der Waals surface area (Å²) in [5.74, 6) is 3.71. The zero-order chi connectivity index (χ0) is 44.6. The zero-order valence-electron chi connectivity index (χ0n) is 39.4. The van der Waals surface area contributed by atoms with Gasteiger partial charge in [-0.05, 0) is 89.7 Å². The number of likely N-dealkylation sites (N-methyl/N-ethyl adjacent to an activating group) is 1.